The summed E-state index contributed by atoms with van der Waals surface area (Å²) in [6, 6.07) is 0. The van der Waals surface area contributed by atoms with E-state index in [1.807, 2.05) is 0 Å². The van der Waals surface area contributed by atoms with Gasteiger partial charge in [0.15, 0.2) is 4.83 Å². The van der Waals surface area contributed by atoms with Crippen LogP contribution in [0.15, 0.2) is 4.79 Å². The maximum Gasteiger partial charge on any atom is 0.278 e. The SMILES string of the molecule is CC(C)(C)C1CCc2c(sc3nnn(CCC(N)=S)c(=O)c23)C1. The fourth-order valence-corrected chi connectivity index (χ4v) is 4.55. The molecule has 0 radical (unpaired) electrons. The number of fused-ring (bicyclic) bond motifs is 3. The zero-order valence-electron chi connectivity index (χ0n) is 13.8. The lowest BCUT2D eigenvalue weighted by atomic mass is 9.72. The molecule has 2 aromatic heterocycles. The first kappa shape index (κ1) is 16.5. The van der Waals surface area contributed by atoms with Gasteiger partial charge in [-0.1, -0.05) is 38.2 Å². The van der Waals surface area contributed by atoms with Crippen molar-refractivity contribution >= 4 is 38.8 Å². The van der Waals surface area contributed by atoms with Gasteiger partial charge in [-0.3, -0.25) is 4.79 Å². The van der Waals surface area contributed by atoms with Crippen LogP contribution in [-0.2, 0) is 19.4 Å². The number of aryl methyl sites for hydroxylation is 2. The third-order valence-corrected chi connectivity index (χ3v) is 6.08. The Morgan fingerprint density at radius 2 is 2.22 bits per heavy atom. The van der Waals surface area contributed by atoms with Crippen LogP contribution >= 0.6 is 23.6 Å². The van der Waals surface area contributed by atoms with E-state index in [1.165, 1.54) is 15.1 Å². The maximum absolute atomic E-state index is 12.7. The fourth-order valence-electron chi connectivity index (χ4n) is 3.23. The topological polar surface area (TPSA) is 73.8 Å². The molecule has 7 heteroatoms. The molecule has 0 aliphatic heterocycles. The van der Waals surface area contributed by atoms with Crippen LogP contribution in [0.4, 0.5) is 0 Å². The molecule has 1 unspecified atom stereocenters. The fraction of sp³-hybridized carbons (Fsp3) is 0.625. The van der Waals surface area contributed by atoms with E-state index in [1.54, 1.807) is 11.3 Å². The van der Waals surface area contributed by atoms with E-state index in [-0.39, 0.29) is 11.0 Å². The van der Waals surface area contributed by atoms with Gasteiger partial charge in [-0.2, -0.15) is 0 Å². The molecule has 5 nitrogen and oxygen atoms in total. The minimum atomic E-state index is -0.0574. The molecule has 0 bridgehead atoms. The number of thiophene rings is 1. The van der Waals surface area contributed by atoms with Gasteiger partial charge in [0.1, 0.15) is 0 Å². The molecule has 0 aromatic carbocycles. The molecule has 1 atom stereocenters. The van der Waals surface area contributed by atoms with Crippen LogP contribution in [0.1, 0.15) is 44.1 Å². The van der Waals surface area contributed by atoms with E-state index >= 15 is 0 Å². The molecule has 1 aliphatic carbocycles. The first-order chi connectivity index (χ1) is 10.8. The van der Waals surface area contributed by atoms with Gasteiger partial charge in [0.25, 0.3) is 5.56 Å². The summed E-state index contributed by atoms with van der Waals surface area (Å²) in [5.74, 6) is 0.646. The Morgan fingerprint density at radius 1 is 1.48 bits per heavy atom. The van der Waals surface area contributed by atoms with Crippen molar-refractivity contribution in [2.24, 2.45) is 17.1 Å². The molecule has 0 saturated heterocycles. The highest BCUT2D eigenvalue weighted by Gasteiger charge is 2.31. The zero-order chi connectivity index (χ0) is 16.8. The van der Waals surface area contributed by atoms with Gasteiger partial charge in [0.05, 0.1) is 16.9 Å². The number of hydrogen-bond acceptors (Lipinski definition) is 5. The largest absolute Gasteiger partial charge is 0.393 e. The van der Waals surface area contributed by atoms with E-state index in [9.17, 15) is 4.79 Å². The monoisotopic (exact) mass is 350 g/mol. The van der Waals surface area contributed by atoms with Crippen LogP contribution in [-0.4, -0.2) is 20.0 Å². The number of rotatable bonds is 3. The van der Waals surface area contributed by atoms with E-state index in [0.29, 0.717) is 23.9 Å². The standard InChI is InChI=1S/C16H22N4OS2/c1-16(2,3)9-4-5-10-11(8-9)23-14-13(10)15(21)20(19-18-14)7-6-12(17)22/h9H,4-8H2,1-3H3,(H2,17,22). The van der Waals surface area contributed by atoms with E-state index in [0.717, 1.165) is 29.5 Å². The van der Waals surface area contributed by atoms with Crippen molar-refractivity contribution in [1.29, 1.82) is 0 Å². The third-order valence-electron chi connectivity index (χ3n) is 4.73. The van der Waals surface area contributed by atoms with Crippen LogP contribution in [0, 0.1) is 11.3 Å². The number of nitrogens with two attached hydrogens (primary N) is 1. The zero-order valence-corrected chi connectivity index (χ0v) is 15.4. The summed E-state index contributed by atoms with van der Waals surface area (Å²) in [6.45, 7) is 7.27. The molecule has 2 aromatic rings. The summed E-state index contributed by atoms with van der Waals surface area (Å²) in [7, 11) is 0. The van der Waals surface area contributed by atoms with E-state index in [2.05, 4.69) is 31.1 Å². The van der Waals surface area contributed by atoms with Crippen LogP contribution in [0.25, 0.3) is 10.2 Å². The summed E-state index contributed by atoms with van der Waals surface area (Å²) in [6.07, 6.45) is 3.57. The van der Waals surface area contributed by atoms with Gasteiger partial charge in [-0.15, -0.1) is 16.4 Å². The number of nitrogens with zero attached hydrogens (tertiary/aromatic N) is 3. The van der Waals surface area contributed by atoms with Crippen LogP contribution < -0.4 is 11.3 Å². The molecular weight excluding hydrogens is 328 g/mol. The van der Waals surface area contributed by atoms with Gasteiger partial charge in [0.2, 0.25) is 0 Å². The van der Waals surface area contributed by atoms with Crippen molar-refractivity contribution in [2.45, 2.75) is 53.0 Å². The van der Waals surface area contributed by atoms with Gasteiger partial charge in [-0.25, -0.2) is 4.68 Å². The minimum absolute atomic E-state index is 0.0574. The lowest BCUT2D eigenvalue weighted by molar-refractivity contribution is 0.218. The molecular formula is C16H22N4OS2. The molecule has 23 heavy (non-hydrogen) atoms. The number of hydrogen-bond donors (Lipinski definition) is 1. The van der Waals surface area contributed by atoms with Crippen LogP contribution in [0.3, 0.4) is 0 Å². The molecule has 3 rings (SSSR count). The van der Waals surface area contributed by atoms with Crippen LogP contribution in [0.2, 0.25) is 0 Å². The molecule has 124 valence electrons. The summed E-state index contributed by atoms with van der Waals surface area (Å²) in [5, 5.41) is 9.06. The second kappa shape index (κ2) is 5.94. The summed E-state index contributed by atoms with van der Waals surface area (Å²) < 4.78 is 1.39. The van der Waals surface area contributed by atoms with Crippen molar-refractivity contribution in [3.05, 3.63) is 20.8 Å². The molecule has 0 fully saturated rings. The lowest BCUT2D eigenvalue weighted by Crippen LogP contribution is -2.28. The predicted octanol–water partition coefficient (Wildman–Crippen LogP) is 2.68. The highest BCUT2D eigenvalue weighted by atomic mass is 32.1. The Bertz CT molecular complexity index is 816. The van der Waals surface area contributed by atoms with Gasteiger partial charge in [-0.05, 0) is 36.2 Å². The predicted molar refractivity (Wildman–Crippen MR) is 98.0 cm³/mol. The first-order valence-electron chi connectivity index (χ1n) is 7.93. The highest BCUT2D eigenvalue weighted by molar-refractivity contribution is 7.80. The third kappa shape index (κ3) is 3.17. The molecule has 1 aliphatic rings. The Morgan fingerprint density at radius 3 is 2.87 bits per heavy atom. The maximum atomic E-state index is 12.7. The Kier molecular flexibility index (Phi) is 4.27. The van der Waals surface area contributed by atoms with E-state index in [4.69, 9.17) is 18.0 Å². The molecule has 2 N–H and O–H groups in total. The smallest absolute Gasteiger partial charge is 0.278 e. The summed E-state index contributed by atoms with van der Waals surface area (Å²) >= 11 is 6.51. The first-order valence-corrected chi connectivity index (χ1v) is 9.16. The van der Waals surface area contributed by atoms with Gasteiger partial charge >= 0.3 is 0 Å². The molecule has 0 spiro atoms. The average molecular weight is 351 g/mol. The number of thiocarbonyl (C=S) groups is 1. The molecule has 0 saturated carbocycles. The van der Waals surface area contributed by atoms with Gasteiger partial charge in [0, 0.05) is 11.3 Å². The second-order valence-corrected chi connectivity index (χ2v) is 8.93. The Balaban J connectivity index is 2.01. The Hall–Kier alpha value is -1.34. The van der Waals surface area contributed by atoms with Crippen LogP contribution in [0.5, 0.6) is 0 Å². The van der Waals surface area contributed by atoms with Crippen molar-refractivity contribution in [3.8, 4) is 0 Å². The van der Waals surface area contributed by atoms with Crippen molar-refractivity contribution in [2.75, 3.05) is 0 Å². The molecule has 2 heterocycles. The number of aromatic nitrogens is 3. The quantitative estimate of drug-likeness (QED) is 0.862. The lowest BCUT2D eigenvalue weighted by Gasteiger charge is -2.33. The summed E-state index contributed by atoms with van der Waals surface area (Å²) in [5.41, 5.74) is 6.94. The second-order valence-electron chi connectivity index (χ2n) is 7.32. The van der Waals surface area contributed by atoms with E-state index < -0.39 is 0 Å². The highest BCUT2D eigenvalue weighted by Crippen LogP contribution is 2.41. The average Bonchev–Trinajstić information content (AvgIpc) is 2.83. The van der Waals surface area contributed by atoms with Gasteiger partial charge < -0.3 is 5.73 Å². The molecule has 0 amide bonds. The minimum Gasteiger partial charge on any atom is -0.393 e. The van der Waals surface area contributed by atoms with Crippen molar-refractivity contribution in [1.82, 2.24) is 15.0 Å². The van der Waals surface area contributed by atoms with Crippen molar-refractivity contribution in [3.63, 3.8) is 0 Å². The Labute approximate surface area is 144 Å². The summed E-state index contributed by atoms with van der Waals surface area (Å²) in [4.78, 5) is 15.2. The normalized spacial score (nSPS) is 18.1. The van der Waals surface area contributed by atoms with Crippen molar-refractivity contribution < 1.29 is 0 Å².